The van der Waals surface area contributed by atoms with Crippen LogP contribution in [0.3, 0.4) is 0 Å². The van der Waals surface area contributed by atoms with E-state index in [0.29, 0.717) is 12.8 Å². The van der Waals surface area contributed by atoms with E-state index < -0.39 is 6.10 Å². The highest BCUT2D eigenvalue weighted by atomic mass is 16.6. The number of carbonyl (C=O) groups is 3. The van der Waals surface area contributed by atoms with Gasteiger partial charge in [-0.25, -0.2) is 0 Å². The topological polar surface area (TPSA) is 78.9 Å². The smallest absolute Gasteiger partial charge is 0.306 e. The Balaban J connectivity index is 4.48. The standard InChI is InChI=1S/C69H110O6/c1-4-7-10-13-16-19-22-25-27-29-31-33-34-36-37-39-41-44-47-50-53-56-59-62-68(71)74-65-66(64-73-67(70)61-58-55-52-49-46-43-24-21-18-15-12-9-6-3)75-69(72)63-60-57-54-51-48-45-42-40-38-35-32-30-28-26-23-20-17-14-11-8-5-2/h8-9,11-12,17-18,20-22,25-26,28-29,31-32,34-36,40,42-43,46,52,55,66H,4-7,10,13-16,19,23-24,27,30,33,37-39,41,44-45,47-51,53-54,56-65H2,1-3H3/b11-8-,12-9-,20-17-,21-18-,25-22-,28-26-,31-29-,35-32-,36-34-,42-40-,46-43-,55-52-. The first-order chi connectivity index (χ1) is 37.0. The van der Waals surface area contributed by atoms with Gasteiger partial charge in [0.05, 0.1) is 0 Å². The lowest BCUT2D eigenvalue weighted by Crippen LogP contribution is -2.30. The molecule has 0 spiro atoms. The van der Waals surface area contributed by atoms with E-state index in [1.807, 2.05) is 12.2 Å². The molecule has 0 saturated carbocycles. The molecule has 0 bridgehead atoms. The fourth-order valence-corrected chi connectivity index (χ4v) is 7.84. The van der Waals surface area contributed by atoms with Gasteiger partial charge in [-0.1, -0.05) is 250 Å². The van der Waals surface area contributed by atoms with Crippen molar-refractivity contribution in [3.8, 4) is 0 Å². The van der Waals surface area contributed by atoms with Crippen molar-refractivity contribution >= 4 is 17.9 Å². The lowest BCUT2D eigenvalue weighted by Gasteiger charge is -2.18. The number of rotatable bonds is 53. The van der Waals surface area contributed by atoms with Gasteiger partial charge in [-0.3, -0.25) is 14.4 Å². The average Bonchev–Trinajstić information content (AvgIpc) is 3.41. The molecule has 0 aromatic rings. The Kier molecular flexibility index (Phi) is 58.0. The minimum absolute atomic E-state index is 0.118. The van der Waals surface area contributed by atoms with Crippen LogP contribution in [-0.2, 0) is 28.6 Å². The van der Waals surface area contributed by atoms with Crippen LogP contribution >= 0.6 is 0 Å². The van der Waals surface area contributed by atoms with Crippen molar-refractivity contribution in [2.24, 2.45) is 0 Å². The number of ether oxygens (including phenoxy) is 3. The van der Waals surface area contributed by atoms with Crippen molar-refractivity contribution in [1.82, 2.24) is 0 Å². The minimum atomic E-state index is -0.828. The van der Waals surface area contributed by atoms with Crippen LogP contribution in [0.25, 0.3) is 0 Å². The maximum Gasteiger partial charge on any atom is 0.306 e. The molecule has 0 heterocycles. The molecule has 75 heavy (non-hydrogen) atoms. The monoisotopic (exact) mass is 1030 g/mol. The average molecular weight is 1040 g/mol. The molecule has 0 fully saturated rings. The van der Waals surface area contributed by atoms with Gasteiger partial charge >= 0.3 is 17.9 Å². The largest absolute Gasteiger partial charge is 0.462 e. The zero-order valence-corrected chi connectivity index (χ0v) is 48.3. The minimum Gasteiger partial charge on any atom is -0.462 e. The van der Waals surface area contributed by atoms with Crippen molar-refractivity contribution in [3.63, 3.8) is 0 Å². The predicted molar refractivity (Wildman–Crippen MR) is 325 cm³/mol. The number of unbranched alkanes of at least 4 members (excludes halogenated alkanes) is 18. The van der Waals surface area contributed by atoms with Gasteiger partial charge in [-0.15, -0.1) is 0 Å². The maximum absolute atomic E-state index is 12.9. The third kappa shape index (κ3) is 60.0. The summed E-state index contributed by atoms with van der Waals surface area (Å²) in [5.41, 5.74) is 0. The lowest BCUT2D eigenvalue weighted by atomic mass is 10.1. The predicted octanol–water partition coefficient (Wildman–Crippen LogP) is 20.8. The fourth-order valence-electron chi connectivity index (χ4n) is 7.84. The van der Waals surface area contributed by atoms with Gasteiger partial charge in [-0.05, 0) is 128 Å². The highest BCUT2D eigenvalue weighted by Crippen LogP contribution is 2.14. The number of carbonyl (C=O) groups excluding carboxylic acids is 3. The van der Waals surface area contributed by atoms with Crippen LogP contribution in [0.2, 0.25) is 0 Å². The van der Waals surface area contributed by atoms with E-state index >= 15 is 0 Å². The van der Waals surface area contributed by atoms with Crippen molar-refractivity contribution in [2.75, 3.05) is 13.2 Å². The molecule has 0 aliphatic rings. The second-order valence-corrected chi connectivity index (χ2v) is 19.5. The van der Waals surface area contributed by atoms with E-state index in [1.165, 1.54) is 70.6 Å². The van der Waals surface area contributed by atoms with Crippen molar-refractivity contribution < 1.29 is 28.6 Å². The van der Waals surface area contributed by atoms with Crippen molar-refractivity contribution in [3.05, 3.63) is 146 Å². The number of hydrogen-bond acceptors (Lipinski definition) is 6. The first-order valence-electron chi connectivity index (χ1n) is 30.3. The summed E-state index contributed by atoms with van der Waals surface area (Å²) in [6, 6.07) is 0. The van der Waals surface area contributed by atoms with Gasteiger partial charge in [0.1, 0.15) is 13.2 Å². The Hall–Kier alpha value is -4.71. The summed E-state index contributed by atoms with van der Waals surface area (Å²) in [5.74, 6) is -1.03. The zero-order valence-electron chi connectivity index (χ0n) is 48.3. The molecule has 1 unspecified atom stereocenters. The second kappa shape index (κ2) is 61.8. The van der Waals surface area contributed by atoms with E-state index in [1.54, 1.807) is 0 Å². The number of esters is 3. The highest BCUT2D eigenvalue weighted by Gasteiger charge is 2.19. The summed E-state index contributed by atoms with van der Waals surface area (Å²) in [6.45, 7) is 6.31. The van der Waals surface area contributed by atoms with Crippen LogP contribution in [0.1, 0.15) is 252 Å². The third-order valence-electron chi connectivity index (χ3n) is 12.3. The van der Waals surface area contributed by atoms with Crippen molar-refractivity contribution in [1.29, 1.82) is 0 Å². The van der Waals surface area contributed by atoms with Crippen molar-refractivity contribution in [2.45, 2.75) is 258 Å². The van der Waals surface area contributed by atoms with Gasteiger partial charge < -0.3 is 14.2 Å². The molecular weight excluding hydrogens is 925 g/mol. The molecule has 6 nitrogen and oxygen atoms in total. The van der Waals surface area contributed by atoms with Crippen LogP contribution in [0.4, 0.5) is 0 Å². The molecule has 0 aliphatic heterocycles. The van der Waals surface area contributed by atoms with E-state index in [2.05, 4.69) is 154 Å². The second-order valence-electron chi connectivity index (χ2n) is 19.5. The molecule has 0 radical (unpaired) electrons. The summed E-state index contributed by atoms with van der Waals surface area (Å²) in [7, 11) is 0. The van der Waals surface area contributed by atoms with Crippen LogP contribution < -0.4 is 0 Å². The normalized spacial score (nSPS) is 13.2. The van der Waals surface area contributed by atoms with Crippen LogP contribution in [0.5, 0.6) is 0 Å². The molecule has 0 aromatic carbocycles. The van der Waals surface area contributed by atoms with Gasteiger partial charge in [0.15, 0.2) is 6.10 Å². The Labute approximate surface area is 461 Å². The molecule has 422 valence electrons. The summed E-state index contributed by atoms with van der Waals surface area (Å²) in [5, 5.41) is 0. The Morgan fingerprint density at radius 2 is 0.547 bits per heavy atom. The first-order valence-corrected chi connectivity index (χ1v) is 30.3. The summed E-state index contributed by atoms with van der Waals surface area (Å²) in [6.07, 6.45) is 88.6. The highest BCUT2D eigenvalue weighted by molar-refractivity contribution is 5.71. The third-order valence-corrected chi connectivity index (χ3v) is 12.3. The van der Waals surface area contributed by atoms with Gasteiger partial charge in [0.25, 0.3) is 0 Å². The Morgan fingerprint density at radius 1 is 0.280 bits per heavy atom. The number of allylic oxidation sites excluding steroid dienone is 24. The quantitative estimate of drug-likeness (QED) is 0.0261. The lowest BCUT2D eigenvalue weighted by molar-refractivity contribution is -0.166. The summed E-state index contributed by atoms with van der Waals surface area (Å²) >= 11 is 0. The Bertz CT molecular complexity index is 1660. The molecule has 0 saturated heterocycles. The van der Waals surface area contributed by atoms with Gasteiger partial charge in [0, 0.05) is 19.3 Å². The molecule has 6 heteroatoms. The van der Waals surface area contributed by atoms with E-state index in [9.17, 15) is 14.4 Å². The number of hydrogen-bond donors (Lipinski definition) is 0. The van der Waals surface area contributed by atoms with Gasteiger partial charge in [-0.2, -0.15) is 0 Å². The molecular formula is C69H110O6. The molecule has 0 aliphatic carbocycles. The van der Waals surface area contributed by atoms with E-state index in [0.717, 1.165) is 135 Å². The fraction of sp³-hybridized carbons (Fsp3) is 0.609. The van der Waals surface area contributed by atoms with Crippen LogP contribution in [-0.4, -0.2) is 37.2 Å². The molecule has 0 N–H and O–H groups in total. The molecule has 0 amide bonds. The van der Waals surface area contributed by atoms with Gasteiger partial charge in [0.2, 0.25) is 0 Å². The molecule has 0 aromatic heterocycles. The molecule has 1 atom stereocenters. The Morgan fingerprint density at radius 3 is 0.893 bits per heavy atom. The molecule has 0 rings (SSSR count). The maximum atomic E-state index is 12.9. The SMILES string of the molecule is CC/C=C\C/C=C\C/C=C\C/C=C\C/C=C\CCCCCCCC(=O)OC(COC(=O)CC/C=C\C/C=C\C/C=C\C/C=C\CC)COC(=O)CCCCCCCCCC/C=C\C/C=C\C/C=C\CCCCCCC. The zero-order chi connectivity index (χ0) is 54.3. The summed E-state index contributed by atoms with van der Waals surface area (Å²) < 4.78 is 16.8. The van der Waals surface area contributed by atoms with E-state index in [-0.39, 0.29) is 44.0 Å². The van der Waals surface area contributed by atoms with Crippen LogP contribution in [0, 0.1) is 0 Å². The van der Waals surface area contributed by atoms with E-state index in [4.69, 9.17) is 14.2 Å². The first kappa shape index (κ1) is 70.3. The van der Waals surface area contributed by atoms with Crippen LogP contribution in [0.15, 0.2) is 146 Å². The summed E-state index contributed by atoms with van der Waals surface area (Å²) in [4.78, 5) is 38.2.